The van der Waals surface area contributed by atoms with Crippen LogP contribution in [0, 0.1) is 5.82 Å². The number of ether oxygens (including phenoxy) is 1. The largest absolute Gasteiger partial charge is 0.450 e. The second-order valence-corrected chi connectivity index (χ2v) is 6.73. The molecule has 1 aliphatic rings. The lowest BCUT2D eigenvalue weighted by Gasteiger charge is -2.35. The lowest BCUT2D eigenvalue weighted by molar-refractivity contribution is -0.135. The Morgan fingerprint density at radius 2 is 1.63 bits per heavy atom. The predicted molar refractivity (Wildman–Crippen MR) is 106 cm³/mol. The van der Waals surface area contributed by atoms with Crippen molar-refractivity contribution in [3.63, 3.8) is 0 Å². The maximum Gasteiger partial charge on any atom is 0.409 e. The summed E-state index contributed by atoms with van der Waals surface area (Å²) in [6.45, 7) is 2.88. The number of rotatable bonds is 5. The standard InChI is InChI=1S/C21H22FN3O5/c1-2-30-21(29)24-13-11-23(12-14-24)20(28)18(25-10-4-3-5-17(25)26)19(27)15-6-8-16(22)9-7-15/h3-10,18H,2,11-14H2,1H3. The Hall–Kier alpha value is -3.49. The molecule has 3 rings (SSSR count). The van der Waals surface area contributed by atoms with E-state index in [1.807, 2.05) is 0 Å². The number of ketones is 1. The molecule has 0 radical (unpaired) electrons. The highest BCUT2D eigenvalue weighted by molar-refractivity contribution is 6.11. The summed E-state index contributed by atoms with van der Waals surface area (Å²) >= 11 is 0. The monoisotopic (exact) mass is 415 g/mol. The molecule has 1 unspecified atom stereocenters. The number of carbonyl (C=O) groups is 3. The van der Waals surface area contributed by atoms with Crippen molar-refractivity contribution in [2.75, 3.05) is 32.8 Å². The van der Waals surface area contributed by atoms with Crippen LogP contribution < -0.4 is 5.56 Å². The summed E-state index contributed by atoms with van der Waals surface area (Å²) in [5.74, 6) is -1.68. The van der Waals surface area contributed by atoms with Crippen molar-refractivity contribution in [2.45, 2.75) is 13.0 Å². The molecule has 1 aliphatic heterocycles. The molecule has 1 saturated heterocycles. The van der Waals surface area contributed by atoms with Crippen molar-refractivity contribution in [1.82, 2.24) is 14.4 Å². The Labute approximate surface area is 172 Å². The van der Waals surface area contributed by atoms with Crippen LogP contribution in [0.3, 0.4) is 0 Å². The Kier molecular flexibility index (Phi) is 6.61. The molecular weight excluding hydrogens is 393 g/mol. The van der Waals surface area contributed by atoms with E-state index in [-0.39, 0.29) is 38.3 Å². The van der Waals surface area contributed by atoms with Gasteiger partial charge in [-0.2, -0.15) is 0 Å². The molecule has 158 valence electrons. The average Bonchev–Trinajstić information content (AvgIpc) is 2.76. The van der Waals surface area contributed by atoms with Gasteiger partial charge in [0.05, 0.1) is 6.61 Å². The minimum absolute atomic E-state index is 0.121. The van der Waals surface area contributed by atoms with E-state index in [2.05, 4.69) is 0 Å². The Bertz CT molecular complexity index is 981. The highest BCUT2D eigenvalue weighted by Gasteiger charge is 2.35. The number of hydrogen-bond acceptors (Lipinski definition) is 5. The quantitative estimate of drug-likeness (QED) is 0.548. The van der Waals surface area contributed by atoms with Gasteiger partial charge in [0.25, 0.3) is 11.5 Å². The zero-order chi connectivity index (χ0) is 21.7. The lowest BCUT2D eigenvalue weighted by atomic mass is 10.0. The zero-order valence-electron chi connectivity index (χ0n) is 16.5. The first-order chi connectivity index (χ1) is 14.4. The Morgan fingerprint density at radius 3 is 2.23 bits per heavy atom. The van der Waals surface area contributed by atoms with E-state index in [4.69, 9.17) is 4.74 Å². The summed E-state index contributed by atoms with van der Waals surface area (Å²) in [5.41, 5.74) is -0.382. The van der Waals surface area contributed by atoms with E-state index in [9.17, 15) is 23.6 Å². The van der Waals surface area contributed by atoms with E-state index in [1.165, 1.54) is 40.3 Å². The molecule has 0 N–H and O–H groups in total. The van der Waals surface area contributed by atoms with Gasteiger partial charge in [-0.25, -0.2) is 9.18 Å². The van der Waals surface area contributed by atoms with Crippen molar-refractivity contribution in [1.29, 1.82) is 0 Å². The van der Waals surface area contributed by atoms with Crippen LogP contribution in [-0.2, 0) is 9.53 Å². The third-order valence-electron chi connectivity index (χ3n) is 4.86. The number of piperazine rings is 1. The molecule has 2 amide bonds. The molecule has 1 aromatic heterocycles. The molecule has 0 bridgehead atoms. The van der Waals surface area contributed by atoms with Gasteiger partial charge in [-0.1, -0.05) is 6.07 Å². The van der Waals surface area contributed by atoms with Gasteiger partial charge < -0.3 is 14.5 Å². The number of halogens is 1. The first-order valence-corrected chi connectivity index (χ1v) is 9.59. The van der Waals surface area contributed by atoms with E-state index in [1.54, 1.807) is 13.0 Å². The van der Waals surface area contributed by atoms with Crippen LogP contribution in [0.15, 0.2) is 53.5 Å². The minimum atomic E-state index is -1.42. The molecule has 30 heavy (non-hydrogen) atoms. The highest BCUT2D eigenvalue weighted by atomic mass is 19.1. The summed E-state index contributed by atoms with van der Waals surface area (Å²) in [5, 5.41) is 0. The molecule has 0 saturated carbocycles. The molecule has 1 aromatic carbocycles. The average molecular weight is 415 g/mol. The molecule has 1 fully saturated rings. The van der Waals surface area contributed by atoms with Crippen molar-refractivity contribution >= 4 is 17.8 Å². The number of nitrogens with zero attached hydrogens (tertiary/aromatic N) is 3. The third-order valence-corrected chi connectivity index (χ3v) is 4.86. The van der Waals surface area contributed by atoms with Gasteiger partial charge in [0.1, 0.15) is 5.82 Å². The summed E-state index contributed by atoms with van der Waals surface area (Å²) in [6.07, 6.45) is 0.920. The predicted octanol–water partition coefficient (Wildman–Crippen LogP) is 1.71. The van der Waals surface area contributed by atoms with Gasteiger partial charge in [0.15, 0.2) is 11.8 Å². The van der Waals surface area contributed by atoms with Crippen molar-refractivity contribution in [3.8, 4) is 0 Å². The number of pyridine rings is 1. The Balaban J connectivity index is 1.86. The van der Waals surface area contributed by atoms with E-state index < -0.39 is 35.2 Å². The van der Waals surface area contributed by atoms with Gasteiger partial charge in [-0.15, -0.1) is 0 Å². The smallest absolute Gasteiger partial charge is 0.409 e. The highest BCUT2D eigenvalue weighted by Crippen LogP contribution is 2.18. The maximum atomic E-state index is 13.3. The van der Waals surface area contributed by atoms with Gasteiger partial charge in [0, 0.05) is 44.0 Å². The third kappa shape index (κ3) is 4.56. The zero-order valence-corrected chi connectivity index (χ0v) is 16.5. The summed E-state index contributed by atoms with van der Waals surface area (Å²) < 4.78 is 19.3. The number of aromatic nitrogens is 1. The molecule has 0 spiro atoms. The van der Waals surface area contributed by atoms with Crippen molar-refractivity contribution in [3.05, 3.63) is 70.4 Å². The molecule has 8 nitrogen and oxygen atoms in total. The molecule has 1 atom stereocenters. The molecule has 2 aromatic rings. The van der Waals surface area contributed by atoms with Crippen LogP contribution in [0.25, 0.3) is 0 Å². The normalized spacial score (nSPS) is 14.9. The SMILES string of the molecule is CCOC(=O)N1CCN(C(=O)C(C(=O)c2ccc(F)cc2)n2ccccc2=O)CC1. The second-order valence-electron chi connectivity index (χ2n) is 6.73. The fourth-order valence-electron chi connectivity index (χ4n) is 3.28. The number of benzene rings is 1. The fourth-order valence-corrected chi connectivity index (χ4v) is 3.28. The second kappa shape index (κ2) is 9.34. The van der Waals surface area contributed by atoms with Gasteiger partial charge >= 0.3 is 6.09 Å². The fraction of sp³-hybridized carbons (Fsp3) is 0.333. The Morgan fingerprint density at radius 1 is 1.00 bits per heavy atom. The van der Waals surface area contributed by atoms with E-state index in [0.29, 0.717) is 0 Å². The van der Waals surface area contributed by atoms with Crippen LogP contribution in [0.2, 0.25) is 0 Å². The van der Waals surface area contributed by atoms with Crippen molar-refractivity contribution in [2.24, 2.45) is 0 Å². The van der Waals surface area contributed by atoms with Gasteiger partial charge in [-0.3, -0.25) is 19.0 Å². The first-order valence-electron chi connectivity index (χ1n) is 9.59. The van der Waals surface area contributed by atoms with Crippen LogP contribution >= 0.6 is 0 Å². The molecule has 0 aliphatic carbocycles. The van der Waals surface area contributed by atoms with Crippen molar-refractivity contribution < 1.29 is 23.5 Å². The first kappa shape index (κ1) is 21.2. The van der Waals surface area contributed by atoms with Crippen LogP contribution in [-0.4, -0.2) is 64.9 Å². The minimum Gasteiger partial charge on any atom is -0.450 e. The summed E-state index contributed by atoms with van der Waals surface area (Å²) in [4.78, 5) is 53.6. The molecule has 9 heteroatoms. The van der Waals surface area contributed by atoms with E-state index >= 15 is 0 Å². The number of hydrogen-bond donors (Lipinski definition) is 0. The summed E-state index contributed by atoms with van der Waals surface area (Å²) in [7, 11) is 0. The lowest BCUT2D eigenvalue weighted by Crippen LogP contribution is -2.53. The number of amides is 2. The van der Waals surface area contributed by atoms with E-state index in [0.717, 1.165) is 16.7 Å². The number of Topliss-reactive ketones (excluding diaryl/α,β-unsaturated/α-hetero) is 1. The van der Waals surface area contributed by atoms with Gasteiger partial charge in [-0.05, 0) is 37.3 Å². The van der Waals surface area contributed by atoms with Crippen LogP contribution in [0.1, 0.15) is 23.3 Å². The number of carbonyl (C=O) groups excluding carboxylic acids is 3. The summed E-state index contributed by atoms with van der Waals surface area (Å²) in [6, 6.07) is 7.73. The molecular formula is C21H22FN3O5. The van der Waals surface area contributed by atoms with Crippen LogP contribution in [0.5, 0.6) is 0 Å². The molecule has 2 heterocycles. The topological polar surface area (TPSA) is 88.9 Å². The maximum absolute atomic E-state index is 13.3. The van der Waals surface area contributed by atoms with Gasteiger partial charge in [0.2, 0.25) is 0 Å². The van der Waals surface area contributed by atoms with Crippen LogP contribution in [0.4, 0.5) is 9.18 Å².